The maximum Gasteiger partial charge on any atom is 0.226 e. The van der Waals surface area contributed by atoms with Crippen molar-refractivity contribution in [1.82, 2.24) is 14.8 Å². The number of rotatable bonds is 2. The van der Waals surface area contributed by atoms with Crippen LogP contribution in [0.4, 0.5) is 0 Å². The van der Waals surface area contributed by atoms with Gasteiger partial charge in [-0.05, 0) is 56.1 Å². The zero-order valence-corrected chi connectivity index (χ0v) is 16.7. The highest BCUT2D eigenvalue weighted by atomic mass is 35.5. The summed E-state index contributed by atoms with van der Waals surface area (Å²) >= 11 is 6.09. The van der Waals surface area contributed by atoms with Crippen LogP contribution >= 0.6 is 11.6 Å². The summed E-state index contributed by atoms with van der Waals surface area (Å²) in [6, 6.07) is 12.6. The summed E-state index contributed by atoms with van der Waals surface area (Å²) in [5, 5.41) is 0.497. The fourth-order valence-electron chi connectivity index (χ4n) is 4.55. The Morgan fingerprint density at radius 3 is 2.78 bits per heavy atom. The molecular formula is C22H26ClN3O. The number of carbonyl (C=O) groups is 1. The Morgan fingerprint density at radius 2 is 2.00 bits per heavy atom. The van der Waals surface area contributed by atoms with Crippen molar-refractivity contribution in [1.29, 1.82) is 0 Å². The van der Waals surface area contributed by atoms with Gasteiger partial charge >= 0.3 is 0 Å². The second-order valence-electron chi connectivity index (χ2n) is 7.97. The fraction of sp³-hybridized carbons (Fsp3) is 0.455. The van der Waals surface area contributed by atoms with E-state index in [0.717, 1.165) is 31.5 Å². The molecule has 0 radical (unpaired) electrons. The number of pyridine rings is 1. The Labute approximate surface area is 166 Å². The van der Waals surface area contributed by atoms with E-state index in [2.05, 4.69) is 53.0 Å². The number of nitrogens with zero attached hydrogens (tertiary/aromatic N) is 3. The zero-order chi connectivity index (χ0) is 19.0. The van der Waals surface area contributed by atoms with Gasteiger partial charge in [-0.2, -0.15) is 0 Å². The predicted molar refractivity (Wildman–Crippen MR) is 108 cm³/mol. The average Bonchev–Trinajstić information content (AvgIpc) is 2.68. The molecule has 0 N–H and O–H groups in total. The van der Waals surface area contributed by atoms with Gasteiger partial charge in [0.1, 0.15) is 5.15 Å². The predicted octanol–water partition coefficient (Wildman–Crippen LogP) is 3.74. The Morgan fingerprint density at radius 1 is 1.22 bits per heavy atom. The number of fused-ring (bicyclic) bond motifs is 1. The lowest BCUT2D eigenvalue weighted by molar-refractivity contribution is -0.141. The molecule has 1 fully saturated rings. The number of hydrogen-bond acceptors (Lipinski definition) is 3. The first-order valence-electron chi connectivity index (χ1n) is 9.70. The Bertz CT molecular complexity index is 826. The van der Waals surface area contributed by atoms with Crippen LogP contribution in [-0.4, -0.2) is 46.9 Å². The van der Waals surface area contributed by atoms with E-state index in [9.17, 15) is 4.79 Å². The van der Waals surface area contributed by atoms with Crippen LogP contribution in [0.25, 0.3) is 0 Å². The molecule has 4 rings (SSSR count). The van der Waals surface area contributed by atoms with E-state index < -0.39 is 0 Å². The van der Waals surface area contributed by atoms with Gasteiger partial charge in [-0.3, -0.25) is 4.79 Å². The maximum atomic E-state index is 13.6. The van der Waals surface area contributed by atoms with Crippen LogP contribution in [0, 0.1) is 5.92 Å². The number of likely N-dealkylation sites (tertiary alicyclic amines) is 1. The fourth-order valence-corrected chi connectivity index (χ4v) is 4.73. The molecule has 1 aromatic heterocycles. The molecule has 5 heteroatoms. The van der Waals surface area contributed by atoms with Gasteiger partial charge in [-0.15, -0.1) is 0 Å². The zero-order valence-electron chi connectivity index (χ0n) is 15.9. The number of piperidine rings is 1. The summed E-state index contributed by atoms with van der Waals surface area (Å²) in [5.74, 6) is 0.556. The highest BCUT2D eigenvalue weighted by molar-refractivity contribution is 6.29. The maximum absolute atomic E-state index is 13.6. The van der Waals surface area contributed by atoms with Crippen LogP contribution < -0.4 is 0 Å². The van der Waals surface area contributed by atoms with E-state index in [1.54, 1.807) is 0 Å². The molecule has 142 valence electrons. The van der Waals surface area contributed by atoms with E-state index in [4.69, 9.17) is 11.6 Å². The summed E-state index contributed by atoms with van der Waals surface area (Å²) in [6.45, 7) is 4.66. The van der Waals surface area contributed by atoms with Crippen LogP contribution in [0.5, 0.6) is 0 Å². The first-order valence-corrected chi connectivity index (χ1v) is 10.1. The molecular weight excluding hydrogens is 358 g/mol. The van der Waals surface area contributed by atoms with E-state index in [-0.39, 0.29) is 23.8 Å². The highest BCUT2D eigenvalue weighted by Gasteiger charge is 2.38. The Hall–Kier alpha value is -1.91. The number of likely N-dealkylation sites (N-methyl/N-ethyl adjacent to an activating group) is 1. The number of aromatic nitrogens is 1. The molecule has 2 aromatic rings. The Kier molecular flexibility index (Phi) is 5.20. The molecule has 0 bridgehead atoms. The van der Waals surface area contributed by atoms with E-state index in [1.807, 2.05) is 18.3 Å². The van der Waals surface area contributed by atoms with Crippen molar-refractivity contribution in [3.63, 3.8) is 0 Å². The normalized spacial score (nSPS) is 25.9. The molecule has 27 heavy (non-hydrogen) atoms. The number of benzene rings is 1. The van der Waals surface area contributed by atoms with Crippen molar-refractivity contribution < 1.29 is 4.79 Å². The van der Waals surface area contributed by atoms with E-state index >= 15 is 0 Å². The third kappa shape index (κ3) is 3.74. The largest absolute Gasteiger partial charge is 0.335 e. The van der Waals surface area contributed by atoms with Crippen LogP contribution in [0.2, 0.25) is 5.15 Å². The lowest BCUT2D eigenvalue weighted by Gasteiger charge is -2.42. The lowest BCUT2D eigenvalue weighted by atomic mass is 9.79. The average molecular weight is 384 g/mol. The molecule has 0 saturated carbocycles. The van der Waals surface area contributed by atoms with Gasteiger partial charge in [-0.25, -0.2) is 4.98 Å². The summed E-state index contributed by atoms with van der Waals surface area (Å²) in [4.78, 5) is 22.2. The molecule has 0 spiro atoms. The molecule has 1 amide bonds. The van der Waals surface area contributed by atoms with Crippen molar-refractivity contribution in [2.24, 2.45) is 5.92 Å². The van der Waals surface area contributed by atoms with Crippen molar-refractivity contribution in [2.75, 3.05) is 20.1 Å². The van der Waals surface area contributed by atoms with Crippen molar-refractivity contribution >= 4 is 17.5 Å². The highest BCUT2D eigenvalue weighted by Crippen LogP contribution is 2.35. The second kappa shape index (κ2) is 7.61. The van der Waals surface area contributed by atoms with Crippen LogP contribution in [0.3, 0.4) is 0 Å². The summed E-state index contributed by atoms with van der Waals surface area (Å²) in [6.07, 6.45) is 3.61. The van der Waals surface area contributed by atoms with Gasteiger partial charge in [0.2, 0.25) is 5.91 Å². The van der Waals surface area contributed by atoms with Crippen LogP contribution in [0.1, 0.15) is 36.0 Å². The third-order valence-electron chi connectivity index (χ3n) is 6.08. The van der Waals surface area contributed by atoms with Crippen molar-refractivity contribution in [2.45, 2.75) is 38.3 Å². The Balaban J connectivity index is 1.60. The molecule has 3 heterocycles. The first-order chi connectivity index (χ1) is 13.0. The summed E-state index contributed by atoms with van der Waals surface area (Å²) < 4.78 is 0. The number of carbonyl (C=O) groups excluding carboxylic acids is 1. The van der Waals surface area contributed by atoms with Gasteiger partial charge < -0.3 is 9.80 Å². The molecule has 4 nitrogen and oxygen atoms in total. The number of amides is 1. The smallest absolute Gasteiger partial charge is 0.226 e. The van der Waals surface area contributed by atoms with Gasteiger partial charge in [0.25, 0.3) is 0 Å². The topological polar surface area (TPSA) is 36.4 Å². The molecule has 1 aromatic carbocycles. The molecule has 0 unspecified atom stereocenters. The minimum atomic E-state index is 0.0323. The van der Waals surface area contributed by atoms with Gasteiger partial charge in [0, 0.05) is 37.2 Å². The van der Waals surface area contributed by atoms with Gasteiger partial charge in [0.15, 0.2) is 0 Å². The third-order valence-corrected chi connectivity index (χ3v) is 6.29. The van der Waals surface area contributed by atoms with Gasteiger partial charge in [-0.1, -0.05) is 41.9 Å². The van der Waals surface area contributed by atoms with Crippen LogP contribution in [-0.2, 0) is 17.8 Å². The van der Waals surface area contributed by atoms with Crippen molar-refractivity contribution in [3.8, 4) is 0 Å². The quantitative estimate of drug-likeness (QED) is 0.741. The molecule has 1 saturated heterocycles. The minimum Gasteiger partial charge on any atom is -0.335 e. The SMILES string of the molecule is C[C@H]1Cc2cnc(Cl)cc2CN1C(=O)[C@H]1CCN(C)C[C@@H]1c1ccccc1. The summed E-state index contributed by atoms with van der Waals surface area (Å²) in [7, 11) is 2.14. The second-order valence-corrected chi connectivity index (χ2v) is 8.36. The molecule has 3 atom stereocenters. The lowest BCUT2D eigenvalue weighted by Crippen LogP contribution is -2.50. The first kappa shape index (κ1) is 18.5. The number of hydrogen-bond donors (Lipinski definition) is 0. The molecule has 2 aliphatic heterocycles. The van der Waals surface area contributed by atoms with Gasteiger partial charge in [0.05, 0.1) is 0 Å². The molecule has 0 aliphatic carbocycles. The monoisotopic (exact) mass is 383 g/mol. The minimum absolute atomic E-state index is 0.0323. The number of halogens is 1. The van der Waals surface area contributed by atoms with Crippen molar-refractivity contribution in [3.05, 3.63) is 64.4 Å². The molecule has 2 aliphatic rings. The summed E-state index contributed by atoms with van der Waals surface area (Å²) in [5.41, 5.74) is 3.60. The van der Waals surface area contributed by atoms with E-state index in [0.29, 0.717) is 11.7 Å². The van der Waals surface area contributed by atoms with E-state index in [1.165, 1.54) is 11.1 Å². The van der Waals surface area contributed by atoms with Crippen LogP contribution in [0.15, 0.2) is 42.6 Å². The standard InChI is InChI=1S/C22H26ClN3O/c1-15-10-17-12-24-21(23)11-18(17)13-26(15)22(27)19-8-9-25(2)14-20(19)16-6-4-3-5-7-16/h3-7,11-12,15,19-20H,8-10,13-14H2,1-2H3/t15-,19-,20+/m0/s1.